The molecule has 0 amide bonds. The zero-order valence-corrected chi connectivity index (χ0v) is 13.6. The van der Waals surface area contributed by atoms with Crippen molar-refractivity contribution in [2.45, 2.75) is 11.5 Å². The van der Waals surface area contributed by atoms with E-state index in [-0.39, 0.29) is 46.9 Å². The summed E-state index contributed by atoms with van der Waals surface area (Å²) in [6.07, 6.45) is 0. The molecular weight excluding hydrogens is 294 g/mol. The third kappa shape index (κ3) is 4.88. The van der Waals surface area contributed by atoms with Gasteiger partial charge in [-0.2, -0.15) is 0 Å². The Hall–Kier alpha value is -0.920. The first kappa shape index (κ1) is 17.1. The molecule has 2 aromatic rings. The largest absolute Gasteiger partial charge is 1.00 e. The van der Waals surface area contributed by atoms with Gasteiger partial charge in [-0.3, -0.25) is 0 Å². The molecule has 0 unspecified atom stereocenters. The molecule has 0 fully saturated rings. The minimum atomic E-state index is -4.44. The summed E-state index contributed by atoms with van der Waals surface area (Å²) < 4.78 is 50.2. The first-order valence-corrected chi connectivity index (χ1v) is 6.79. The summed E-state index contributed by atoms with van der Waals surface area (Å²) in [5.74, 6) is 0.102. The average molecular weight is 304 g/mol. The molecule has 0 radical (unpaired) electrons. The Morgan fingerprint density at radius 3 is 2.05 bits per heavy atom. The number of hydrogen-bond donors (Lipinski definition) is 0. The molecule has 2 aromatic carbocycles. The number of rotatable bonds is 4. The molecule has 0 saturated heterocycles. The number of benzene rings is 2. The zero-order chi connectivity index (χ0) is 13.9. The monoisotopic (exact) mass is 304 g/mol. The standard InChI is InChI=1S/C13H11FO4S.Na/c14-11-3-1-10(2-4-11)9-18-12-5-7-13(8-6-12)19(15,16)17;/h1-8H,9H2,(H,15,16,17);/q;+1/p-1. The van der Waals surface area contributed by atoms with Gasteiger partial charge in [-0.25, -0.2) is 12.8 Å². The number of ether oxygens (including phenoxy) is 1. The van der Waals surface area contributed by atoms with Gasteiger partial charge in [-0.15, -0.1) is 0 Å². The summed E-state index contributed by atoms with van der Waals surface area (Å²) in [4.78, 5) is -0.304. The van der Waals surface area contributed by atoms with Crippen LogP contribution in [0.4, 0.5) is 4.39 Å². The van der Waals surface area contributed by atoms with Gasteiger partial charge in [-0.1, -0.05) is 12.1 Å². The van der Waals surface area contributed by atoms with Crippen molar-refractivity contribution in [1.82, 2.24) is 0 Å². The van der Waals surface area contributed by atoms with Crippen molar-refractivity contribution < 1.29 is 51.7 Å². The molecule has 4 nitrogen and oxygen atoms in total. The van der Waals surface area contributed by atoms with E-state index in [1.54, 1.807) is 12.1 Å². The van der Waals surface area contributed by atoms with E-state index in [0.29, 0.717) is 5.75 Å². The van der Waals surface area contributed by atoms with Crippen LogP contribution in [-0.2, 0) is 16.7 Å². The van der Waals surface area contributed by atoms with E-state index in [9.17, 15) is 17.4 Å². The fraction of sp³-hybridized carbons (Fsp3) is 0.0769. The predicted octanol–water partition coefficient (Wildman–Crippen LogP) is -0.687. The van der Waals surface area contributed by atoms with Crippen LogP contribution in [0.2, 0.25) is 0 Å². The van der Waals surface area contributed by atoms with Crippen LogP contribution in [-0.4, -0.2) is 13.0 Å². The predicted molar refractivity (Wildman–Crippen MR) is 65.1 cm³/mol. The van der Waals surface area contributed by atoms with Crippen molar-refractivity contribution in [1.29, 1.82) is 0 Å². The SMILES string of the molecule is O=S(=O)([O-])c1ccc(OCc2ccc(F)cc2)cc1.[Na+]. The van der Waals surface area contributed by atoms with Crippen LogP contribution in [0.5, 0.6) is 5.75 Å². The second-order valence-corrected chi connectivity index (χ2v) is 5.22. The first-order chi connectivity index (χ1) is 8.95. The molecule has 0 N–H and O–H groups in total. The van der Waals surface area contributed by atoms with Crippen LogP contribution >= 0.6 is 0 Å². The zero-order valence-electron chi connectivity index (χ0n) is 10.7. The topological polar surface area (TPSA) is 66.4 Å². The van der Waals surface area contributed by atoms with E-state index in [4.69, 9.17) is 4.74 Å². The van der Waals surface area contributed by atoms with Gasteiger partial charge in [0, 0.05) is 0 Å². The summed E-state index contributed by atoms with van der Waals surface area (Å²) in [6, 6.07) is 11.0. The minimum absolute atomic E-state index is 0. The molecule has 0 heterocycles. The molecule has 0 bridgehead atoms. The van der Waals surface area contributed by atoms with Crippen molar-refractivity contribution in [3.63, 3.8) is 0 Å². The van der Waals surface area contributed by atoms with Crippen LogP contribution in [0, 0.1) is 5.82 Å². The van der Waals surface area contributed by atoms with E-state index in [1.165, 1.54) is 36.4 Å². The Bertz CT molecular complexity index is 654. The Balaban J connectivity index is 0.00000200. The van der Waals surface area contributed by atoms with E-state index in [2.05, 4.69) is 0 Å². The fourth-order valence-electron chi connectivity index (χ4n) is 1.45. The fourth-order valence-corrected chi connectivity index (χ4v) is 1.92. The molecule has 0 aliphatic rings. The third-order valence-electron chi connectivity index (χ3n) is 2.43. The Labute approximate surface area is 138 Å². The summed E-state index contributed by atoms with van der Waals surface area (Å²) in [7, 11) is -4.44. The third-order valence-corrected chi connectivity index (χ3v) is 3.28. The second-order valence-electron chi connectivity index (χ2n) is 3.84. The van der Waals surface area contributed by atoms with Gasteiger partial charge >= 0.3 is 29.6 Å². The maximum Gasteiger partial charge on any atom is 1.00 e. The maximum absolute atomic E-state index is 12.7. The quantitative estimate of drug-likeness (QED) is 0.554. The van der Waals surface area contributed by atoms with E-state index < -0.39 is 10.1 Å². The van der Waals surface area contributed by atoms with Crippen LogP contribution in [0.3, 0.4) is 0 Å². The van der Waals surface area contributed by atoms with Gasteiger partial charge < -0.3 is 9.29 Å². The summed E-state index contributed by atoms with van der Waals surface area (Å²) >= 11 is 0. The van der Waals surface area contributed by atoms with E-state index in [1.807, 2.05) is 0 Å². The van der Waals surface area contributed by atoms with Crippen LogP contribution < -0.4 is 34.3 Å². The molecule has 0 aromatic heterocycles. The first-order valence-electron chi connectivity index (χ1n) is 5.38. The summed E-state index contributed by atoms with van der Waals surface area (Å²) in [5.41, 5.74) is 0.780. The molecule has 20 heavy (non-hydrogen) atoms. The van der Waals surface area contributed by atoms with Crippen LogP contribution in [0.15, 0.2) is 53.4 Å². The van der Waals surface area contributed by atoms with Crippen molar-refractivity contribution in [2.24, 2.45) is 0 Å². The van der Waals surface area contributed by atoms with Gasteiger partial charge in [0.2, 0.25) is 0 Å². The molecule has 0 atom stereocenters. The summed E-state index contributed by atoms with van der Waals surface area (Å²) in [5, 5.41) is 0. The van der Waals surface area contributed by atoms with Crippen LogP contribution in [0.1, 0.15) is 5.56 Å². The molecule has 0 spiro atoms. The van der Waals surface area contributed by atoms with Gasteiger partial charge in [0.1, 0.15) is 28.3 Å². The Kier molecular flexibility index (Phi) is 6.16. The van der Waals surface area contributed by atoms with Gasteiger partial charge in [0.15, 0.2) is 0 Å². The molecule has 7 heteroatoms. The van der Waals surface area contributed by atoms with Crippen molar-refractivity contribution in [3.05, 3.63) is 59.9 Å². The minimum Gasteiger partial charge on any atom is -0.744 e. The summed E-state index contributed by atoms with van der Waals surface area (Å²) in [6.45, 7) is 0.226. The Morgan fingerprint density at radius 2 is 1.55 bits per heavy atom. The molecule has 100 valence electrons. The van der Waals surface area contributed by atoms with Crippen molar-refractivity contribution in [3.8, 4) is 5.75 Å². The van der Waals surface area contributed by atoms with Gasteiger partial charge in [-0.05, 0) is 42.0 Å². The van der Waals surface area contributed by atoms with Gasteiger partial charge in [0.05, 0.1) is 4.90 Å². The smallest absolute Gasteiger partial charge is 0.744 e. The average Bonchev–Trinajstić information content (AvgIpc) is 2.37. The molecule has 2 rings (SSSR count). The second kappa shape index (κ2) is 7.19. The van der Waals surface area contributed by atoms with E-state index >= 15 is 0 Å². The number of halogens is 1. The van der Waals surface area contributed by atoms with Crippen molar-refractivity contribution in [2.75, 3.05) is 0 Å². The molecule has 0 saturated carbocycles. The maximum atomic E-state index is 12.7. The molecular formula is C13H10FNaO4S. The molecule has 0 aliphatic carbocycles. The van der Waals surface area contributed by atoms with Gasteiger partial charge in [0.25, 0.3) is 0 Å². The Morgan fingerprint density at radius 1 is 1.00 bits per heavy atom. The number of hydrogen-bond acceptors (Lipinski definition) is 4. The normalized spacial score (nSPS) is 10.7. The van der Waals surface area contributed by atoms with Crippen molar-refractivity contribution >= 4 is 10.1 Å². The van der Waals surface area contributed by atoms with E-state index in [0.717, 1.165) is 5.56 Å². The molecule has 0 aliphatic heterocycles. The van der Waals surface area contributed by atoms with Crippen LogP contribution in [0.25, 0.3) is 0 Å².